The van der Waals surface area contributed by atoms with Crippen LogP contribution in [0.1, 0.15) is 39.3 Å². The molecular weight excluding hydrogens is 244 g/mol. The zero-order valence-corrected chi connectivity index (χ0v) is 12.3. The monoisotopic (exact) mass is 268 g/mol. The van der Waals surface area contributed by atoms with Crippen LogP contribution in [-0.4, -0.2) is 44.5 Å². The topological polar surface area (TPSA) is 70.4 Å². The van der Waals surface area contributed by atoms with Crippen LogP contribution in [0.2, 0.25) is 0 Å². The fourth-order valence-electron chi connectivity index (χ4n) is 1.82. The van der Waals surface area contributed by atoms with Gasteiger partial charge < -0.3 is 15.3 Å². The molecule has 1 rings (SSSR count). The average Bonchev–Trinajstić information content (AvgIpc) is 2.71. The summed E-state index contributed by atoms with van der Waals surface area (Å²) in [6, 6.07) is -0.293. The molecule has 2 amide bonds. The molecule has 0 radical (unpaired) electrons. The summed E-state index contributed by atoms with van der Waals surface area (Å²) in [5.74, 6) is 0. The first-order chi connectivity index (χ1) is 8.73. The van der Waals surface area contributed by atoms with Gasteiger partial charge in [-0.05, 0) is 27.7 Å². The fraction of sp³-hybridized carbons (Fsp3) is 0.692. The molecule has 1 aromatic rings. The molecule has 2 N–H and O–H groups in total. The summed E-state index contributed by atoms with van der Waals surface area (Å²) in [5.41, 5.74) is 0.0559. The molecule has 1 unspecified atom stereocenters. The van der Waals surface area contributed by atoms with Crippen molar-refractivity contribution in [3.63, 3.8) is 0 Å². The van der Waals surface area contributed by atoms with E-state index in [0.29, 0.717) is 13.1 Å². The van der Waals surface area contributed by atoms with Crippen LogP contribution in [0.25, 0.3) is 0 Å². The Labute approximate surface area is 114 Å². The normalized spacial score (nSPS) is 13.2. The van der Waals surface area contributed by atoms with Crippen molar-refractivity contribution < 1.29 is 9.90 Å². The van der Waals surface area contributed by atoms with Crippen LogP contribution < -0.4 is 5.32 Å². The molecule has 0 aliphatic heterocycles. The molecule has 6 nitrogen and oxygen atoms in total. The lowest BCUT2D eigenvalue weighted by atomic mass is 10.1. The summed E-state index contributed by atoms with van der Waals surface area (Å²) in [5, 5.41) is 16.8. The molecule has 0 saturated heterocycles. The smallest absolute Gasteiger partial charge is 0.317 e. The maximum atomic E-state index is 12.1. The number of hydrogen-bond acceptors (Lipinski definition) is 3. The zero-order valence-electron chi connectivity index (χ0n) is 12.3. The van der Waals surface area contributed by atoms with Gasteiger partial charge in [-0.15, -0.1) is 0 Å². The summed E-state index contributed by atoms with van der Waals surface area (Å²) in [4.78, 5) is 13.7. The zero-order chi connectivity index (χ0) is 14.6. The third kappa shape index (κ3) is 4.90. The minimum Gasteiger partial charge on any atom is -0.389 e. The van der Waals surface area contributed by atoms with E-state index < -0.39 is 5.60 Å². The van der Waals surface area contributed by atoms with Crippen molar-refractivity contribution in [1.29, 1.82) is 0 Å². The van der Waals surface area contributed by atoms with Crippen LogP contribution in [0.15, 0.2) is 12.4 Å². The van der Waals surface area contributed by atoms with E-state index >= 15 is 0 Å². The van der Waals surface area contributed by atoms with Gasteiger partial charge in [0.05, 0.1) is 24.4 Å². The number of aliphatic hydroxyl groups is 1. The average molecular weight is 268 g/mol. The van der Waals surface area contributed by atoms with E-state index in [0.717, 1.165) is 5.56 Å². The summed E-state index contributed by atoms with van der Waals surface area (Å²) >= 11 is 0. The first-order valence-corrected chi connectivity index (χ1v) is 6.49. The molecule has 108 valence electrons. The van der Waals surface area contributed by atoms with Crippen LogP contribution in [0, 0.1) is 0 Å². The van der Waals surface area contributed by atoms with E-state index in [4.69, 9.17) is 0 Å². The van der Waals surface area contributed by atoms with Gasteiger partial charge in [-0.3, -0.25) is 4.68 Å². The van der Waals surface area contributed by atoms with Gasteiger partial charge in [0.15, 0.2) is 0 Å². The van der Waals surface area contributed by atoms with E-state index in [-0.39, 0.29) is 12.1 Å². The Morgan fingerprint density at radius 2 is 2.26 bits per heavy atom. The van der Waals surface area contributed by atoms with Crippen LogP contribution in [-0.2, 0) is 7.05 Å². The maximum Gasteiger partial charge on any atom is 0.317 e. The molecule has 19 heavy (non-hydrogen) atoms. The number of aryl methyl sites for hydroxylation is 1. The predicted molar refractivity (Wildman–Crippen MR) is 73.7 cm³/mol. The Balaban J connectivity index is 2.62. The summed E-state index contributed by atoms with van der Waals surface area (Å²) < 4.78 is 1.70. The molecule has 1 atom stereocenters. The van der Waals surface area contributed by atoms with E-state index in [9.17, 15) is 9.90 Å². The molecule has 0 fully saturated rings. The fourth-order valence-corrected chi connectivity index (χ4v) is 1.82. The van der Waals surface area contributed by atoms with Gasteiger partial charge in [0.1, 0.15) is 0 Å². The first-order valence-electron chi connectivity index (χ1n) is 6.49. The number of urea groups is 1. The second-order valence-corrected chi connectivity index (χ2v) is 5.45. The third-order valence-corrected chi connectivity index (χ3v) is 2.81. The van der Waals surface area contributed by atoms with Crippen molar-refractivity contribution in [2.75, 3.05) is 13.1 Å². The number of likely N-dealkylation sites (N-methyl/N-ethyl adjacent to an activating group) is 1. The second-order valence-electron chi connectivity index (χ2n) is 5.45. The van der Waals surface area contributed by atoms with Crippen LogP contribution in [0.5, 0.6) is 0 Å². The maximum absolute atomic E-state index is 12.1. The molecule has 0 aliphatic carbocycles. The molecule has 1 heterocycles. The van der Waals surface area contributed by atoms with E-state index in [2.05, 4.69) is 10.4 Å². The number of aromatic nitrogens is 2. The van der Waals surface area contributed by atoms with Crippen LogP contribution >= 0.6 is 0 Å². The van der Waals surface area contributed by atoms with Gasteiger partial charge in [0, 0.05) is 25.4 Å². The minimum absolute atomic E-state index is 0.114. The number of rotatable bonds is 5. The summed E-state index contributed by atoms with van der Waals surface area (Å²) in [7, 11) is 1.84. The van der Waals surface area contributed by atoms with E-state index in [1.54, 1.807) is 29.6 Å². The Morgan fingerprint density at radius 1 is 1.63 bits per heavy atom. The lowest BCUT2D eigenvalue weighted by molar-refractivity contribution is 0.0476. The van der Waals surface area contributed by atoms with Crippen LogP contribution in [0.4, 0.5) is 4.79 Å². The molecule has 1 aromatic heterocycles. The van der Waals surface area contributed by atoms with Gasteiger partial charge in [-0.25, -0.2) is 4.79 Å². The number of hydrogen-bond donors (Lipinski definition) is 2. The highest BCUT2D eigenvalue weighted by molar-refractivity contribution is 5.74. The van der Waals surface area contributed by atoms with Gasteiger partial charge >= 0.3 is 6.03 Å². The largest absolute Gasteiger partial charge is 0.389 e. The Morgan fingerprint density at radius 3 is 2.68 bits per heavy atom. The third-order valence-electron chi connectivity index (χ3n) is 2.81. The van der Waals surface area contributed by atoms with E-state index in [1.165, 1.54) is 0 Å². The Hall–Kier alpha value is -1.56. The van der Waals surface area contributed by atoms with E-state index in [1.807, 2.05) is 27.1 Å². The number of amides is 2. The molecule has 0 saturated carbocycles. The van der Waals surface area contributed by atoms with Crippen molar-refractivity contribution in [2.45, 2.75) is 39.3 Å². The van der Waals surface area contributed by atoms with Gasteiger partial charge in [-0.2, -0.15) is 5.10 Å². The highest BCUT2D eigenvalue weighted by atomic mass is 16.3. The Bertz CT molecular complexity index is 423. The number of nitrogens with zero attached hydrogens (tertiary/aromatic N) is 3. The number of carbonyl (C=O) groups excluding carboxylic acids is 1. The van der Waals surface area contributed by atoms with Gasteiger partial charge in [0.2, 0.25) is 0 Å². The molecule has 0 spiro atoms. The number of carbonyl (C=O) groups is 1. The van der Waals surface area contributed by atoms with Crippen molar-refractivity contribution >= 4 is 6.03 Å². The van der Waals surface area contributed by atoms with Crippen LogP contribution in [0.3, 0.4) is 0 Å². The highest BCUT2D eigenvalue weighted by Crippen LogP contribution is 2.12. The molecule has 0 aliphatic rings. The SMILES string of the molecule is CCN(CC(C)(C)O)C(=O)NC(C)c1cnn(C)c1. The van der Waals surface area contributed by atoms with Crippen molar-refractivity contribution in [1.82, 2.24) is 20.0 Å². The number of nitrogens with one attached hydrogen (secondary N) is 1. The molecule has 6 heteroatoms. The summed E-state index contributed by atoms with van der Waals surface area (Å²) in [6.45, 7) is 8.03. The molecule has 0 aromatic carbocycles. The predicted octanol–water partition coefficient (Wildman–Crippen LogP) is 1.28. The van der Waals surface area contributed by atoms with Crippen molar-refractivity contribution in [2.24, 2.45) is 7.05 Å². The second kappa shape index (κ2) is 6.06. The quantitative estimate of drug-likeness (QED) is 0.845. The molecule has 0 bridgehead atoms. The van der Waals surface area contributed by atoms with Crippen molar-refractivity contribution in [3.05, 3.63) is 18.0 Å². The Kier molecular flexibility index (Phi) is 4.94. The summed E-state index contributed by atoms with van der Waals surface area (Å²) in [6.07, 6.45) is 3.61. The minimum atomic E-state index is -0.898. The molecular formula is C13H24N4O2. The van der Waals surface area contributed by atoms with Gasteiger partial charge in [0.25, 0.3) is 0 Å². The standard InChI is InChI=1S/C13H24N4O2/c1-6-17(9-13(3,4)19)12(18)15-10(2)11-7-14-16(5)8-11/h7-8,10,19H,6,9H2,1-5H3,(H,15,18). The first kappa shape index (κ1) is 15.5. The van der Waals surface area contributed by atoms with Gasteiger partial charge in [-0.1, -0.05) is 0 Å². The van der Waals surface area contributed by atoms with Crippen molar-refractivity contribution in [3.8, 4) is 0 Å². The lowest BCUT2D eigenvalue weighted by Crippen LogP contribution is -2.47. The lowest BCUT2D eigenvalue weighted by Gasteiger charge is -2.29. The highest BCUT2D eigenvalue weighted by Gasteiger charge is 2.22.